The van der Waals surface area contributed by atoms with Crippen LogP contribution < -0.4 is 4.74 Å². The maximum atomic E-state index is 12.1. The topological polar surface area (TPSA) is 66.2 Å². The highest BCUT2D eigenvalue weighted by molar-refractivity contribution is 8.00. The zero-order valence-corrected chi connectivity index (χ0v) is 17.2. The molecule has 146 valence electrons. The molecule has 0 amide bonds. The number of hydrogen-bond donors (Lipinski definition) is 0. The maximum absolute atomic E-state index is 12.1. The minimum atomic E-state index is -0.392. The van der Waals surface area contributed by atoms with Crippen LogP contribution in [0.4, 0.5) is 0 Å². The zero-order chi connectivity index (χ0) is 20.1. The Morgan fingerprint density at radius 3 is 2.39 bits per heavy atom. The predicted octanol–water partition coefficient (Wildman–Crippen LogP) is 4.30. The molecule has 0 radical (unpaired) electrons. The van der Waals surface area contributed by atoms with Crippen LogP contribution in [0.25, 0.3) is 17.1 Å². The number of ether oxygens (including phenoxy) is 2. The quantitative estimate of drug-likeness (QED) is 0.438. The van der Waals surface area contributed by atoms with Gasteiger partial charge in [0.2, 0.25) is 0 Å². The van der Waals surface area contributed by atoms with Crippen molar-refractivity contribution in [2.45, 2.75) is 31.2 Å². The number of thioether (sulfide) groups is 1. The third kappa shape index (κ3) is 4.36. The van der Waals surface area contributed by atoms with E-state index in [2.05, 4.69) is 10.2 Å². The van der Waals surface area contributed by atoms with Crippen LogP contribution in [0.15, 0.2) is 53.7 Å². The number of aryl methyl sites for hydroxylation is 1. The molecule has 6 nitrogen and oxygen atoms in total. The first kappa shape index (κ1) is 19.9. The van der Waals surface area contributed by atoms with E-state index < -0.39 is 5.25 Å². The van der Waals surface area contributed by atoms with Gasteiger partial charge in [-0.15, -0.1) is 10.2 Å². The van der Waals surface area contributed by atoms with Gasteiger partial charge in [0.1, 0.15) is 11.0 Å². The normalized spacial score (nSPS) is 11.9. The third-order valence-electron chi connectivity index (χ3n) is 4.17. The van der Waals surface area contributed by atoms with Crippen molar-refractivity contribution in [2.75, 3.05) is 13.7 Å². The summed E-state index contributed by atoms with van der Waals surface area (Å²) < 4.78 is 12.3. The van der Waals surface area contributed by atoms with E-state index in [0.717, 1.165) is 22.6 Å². The highest BCUT2D eigenvalue weighted by Gasteiger charge is 2.22. The smallest absolute Gasteiger partial charge is 0.319 e. The molecular weight excluding hydrogens is 374 g/mol. The number of aromatic nitrogens is 3. The highest BCUT2D eigenvalue weighted by Crippen LogP contribution is 2.31. The molecule has 0 aliphatic rings. The fourth-order valence-corrected chi connectivity index (χ4v) is 3.53. The Kier molecular flexibility index (Phi) is 6.36. The third-order valence-corrected chi connectivity index (χ3v) is 5.20. The lowest BCUT2D eigenvalue weighted by atomic mass is 10.2. The van der Waals surface area contributed by atoms with Gasteiger partial charge in [0.15, 0.2) is 11.0 Å². The Morgan fingerprint density at radius 1 is 1.11 bits per heavy atom. The fourth-order valence-electron chi connectivity index (χ4n) is 2.67. The number of rotatable bonds is 7. The van der Waals surface area contributed by atoms with Crippen LogP contribution in [0.5, 0.6) is 5.75 Å². The molecule has 2 aromatic carbocycles. The second-order valence-electron chi connectivity index (χ2n) is 6.22. The number of benzene rings is 2. The highest BCUT2D eigenvalue weighted by atomic mass is 32.2. The van der Waals surface area contributed by atoms with Gasteiger partial charge in [0, 0.05) is 11.3 Å². The van der Waals surface area contributed by atoms with E-state index in [9.17, 15) is 4.79 Å². The van der Waals surface area contributed by atoms with Crippen molar-refractivity contribution in [3.05, 3.63) is 54.1 Å². The summed E-state index contributed by atoms with van der Waals surface area (Å²) in [5.41, 5.74) is 3.00. The minimum Gasteiger partial charge on any atom is -0.497 e. The van der Waals surface area contributed by atoms with Crippen molar-refractivity contribution >= 4 is 17.7 Å². The standard InChI is InChI=1S/C21H23N3O3S/c1-5-27-20(25)15(3)28-21-23-22-19(16-8-12-18(26-4)13-9-16)24(21)17-10-6-14(2)7-11-17/h6-13,15H,5H2,1-4H3/t15-/m0/s1. The molecule has 28 heavy (non-hydrogen) atoms. The molecule has 0 aliphatic carbocycles. The van der Waals surface area contributed by atoms with Crippen molar-refractivity contribution in [1.29, 1.82) is 0 Å². The Bertz CT molecular complexity index is 937. The molecule has 0 N–H and O–H groups in total. The van der Waals surface area contributed by atoms with Gasteiger partial charge in [-0.25, -0.2) is 0 Å². The van der Waals surface area contributed by atoms with E-state index in [1.54, 1.807) is 14.0 Å². The lowest BCUT2D eigenvalue weighted by Gasteiger charge is -2.13. The summed E-state index contributed by atoms with van der Waals surface area (Å²) in [6, 6.07) is 15.8. The van der Waals surface area contributed by atoms with Crippen LogP contribution in [0.3, 0.4) is 0 Å². The van der Waals surface area contributed by atoms with Crippen LogP contribution in [-0.4, -0.2) is 39.7 Å². The van der Waals surface area contributed by atoms with Crippen molar-refractivity contribution in [3.63, 3.8) is 0 Å². The Hall–Kier alpha value is -2.80. The van der Waals surface area contributed by atoms with Crippen molar-refractivity contribution < 1.29 is 14.3 Å². The lowest BCUT2D eigenvalue weighted by Crippen LogP contribution is -2.17. The molecule has 0 saturated heterocycles. The molecule has 0 spiro atoms. The molecule has 0 fully saturated rings. The van der Waals surface area contributed by atoms with E-state index in [-0.39, 0.29) is 5.97 Å². The molecule has 0 bridgehead atoms. The number of carbonyl (C=O) groups is 1. The maximum Gasteiger partial charge on any atom is 0.319 e. The summed E-state index contributed by atoms with van der Waals surface area (Å²) in [7, 11) is 1.63. The van der Waals surface area contributed by atoms with Gasteiger partial charge >= 0.3 is 5.97 Å². The van der Waals surface area contributed by atoms with Gasteiger partial charge in [0.05, 0.1) is 13.7 Å². The van der Waals surface area contributed by atoms with E-state index in [0.29, 0.717) is 17.6 Å². The molecule has 0 aliphatic heterocycles. The summed E-state index contributed by atoms with van der Waals surface area (Å²) in [6.07, 6.45) is 0. The molecule has 0 saturated carbocycles. The van der Waals surface area contributed by atoms with Gasteiger partial charge in [-0.05, 0) is 57.2 Å². The summed E-state index contributed by atoms with van der Waals surface area (Å²) in [6.45, 7) is 6.00. The molecule has 1 heterocycles. The summed E-state index contributed by atoms with van der Waals surface area (Å²) >= 11 is 1.33. The van der Waals surface area contributed by atoms with Crippen LogP contribution in [0, 0.1) is 6.92 Å². The Balaban J connectivity index is 2.03. The van der Waals surface area contributed by atoms with Crippen molar-refractivity contribution in [2.24, 2.45) is 0 Å². The first-order chi connectivity index (χ1) is 13.5. The molecular formula is C21H23N3O3S. The Labute approximate surface area is 168 Å². The van der Waals surface area contributed by atoms with Crippen molar-refractivity contribution in [3.8, 4) is 22.8 Å². The van der Waals surface area contributed by atoms with E-state index in [1.165, 1.54) is 11.8 Å². The van der Waals surface area contributed by atoms with Crippen LogP contribution in [0.1, 0.15) is 19.4 Å². The first-order valence-corrected chi connectivity index (χ1v) is 9.91. The second kappa shape index (κ2) is 8.93. The summed E-state index contributed by atoms with van der Waals surface area (Å²) in [5.74, 6) is 1.21. The average molecular weight is 398 g/mol. The number of carbonyl (C=O) groups excluding carboxylic acids is 1. The predicted molar refractivity (Wildman–Crippen MR) is 110 cm³/mol. The van der Waals surface area contributed by atoms with Gasteiger partial charge in [-0.3, -0.25) is 9.36 Å². The van der Waals surface area contributed by atoms with Gasteiger partial charge in [-0.2, -0.15) is 0 Å². The molecule has 1 atom stereocenters. The van der Waals surface area contributed by atoms with E-state index in [1.807, 2.05) is 66.9 Å². The monoisotopic (exact) mass is 397 g/mol. The lowest BCUT2D eigenvalue weighted by molar-refractivity contribution is -0.142. The number of esters is 1. The fraction of sp³-hybridized carbons (Fsp3) is 0.286. The van der Waals surface area contributed by atoms with Crippen LogP contribution in [0.2, 0.25) is 0 Å². The van der Waals surface area contributed by atoms with E-state index in [4.69, 9.17) is 9.47 Å². The number of methoxy groups -OCH3 is 1. The van der Waals surface area contributed by atoms with Crippen LogP contribution in [-0.2, 0) is 9.53 Å². The minimum absolute atomic E-state index is 0.267. The number of nitrogens with zero attached hydrogens (tertiary/aromatic N) is 3. The van der Waals surface area contributed by atoms with Gasteiger partial charge in [-0.1, -0.05) is 29.5 Å². The van der Waals surface area contributed by atoms with Gasteiger partial charge in [0.25, 0.3) is 0 Å². The molecule has 1 aromatic heterocycles. The molecule has 0 unspecified atom stereocenters. The molecule has 7 heteroatoms. The average Bonchev–Trinajstić information content (AvgIpc) is 3.12. The van der Waals surface area contributed by atoms with E-state index >= 15 is 0 Å². The first-order valence-electron chi connectivity index (χ1n) is 9.03. The Morgan fingerprint density at radius 2 is 1.79 bits per heavy atom. The summed E-state index contributed by atoms with van der Waals surface area (Å²) in [5, 5.41) is 8.99. The molecule has 3 aromatic rings. The summed E-state index contributed by atoms with van der Waals surface area (Å²) in [4.78, 5) is 12.1. The SMILES string of the molecule is CCOC(=O)[C@H](C)Sc1nnc(-c2ccc(OC)cc2)n1-c1ccc(C)cc1. The number of hydrogen-bond acceptors (Lipinski definition) is 6. The zero-order valence-electron chi connectivity index (χ0n) is 16.4. The molecule has 3 rings (SSSR count). The largest absolute Gasteiger partial charge is 0.497 e. The second-order valence-corrected chi connectivity index (χ2v) is 7.53. The van der Waals surface area contributed by atoms with Crippen molar-refractivity contribution in [1.82, 2.24) is 14.8 Å². The van der Waals surface area contributed by atoms with Gasteiger partial charge < -0.3 is 9.47 Å². The van der Waals surface area contributed by atoms with Crippen LogP contribution >= 0.6 is 11.8 Å².